The van der Waals surface area contributed by atoms with Crippen LogP contribution in [0.15, 0.2) is 48.5 Å². The Balaban J connectivity index is 0.000000343. The summed E-state index contributed by atoms with van der Waals surface area (Å²) < 4.78 is 21.7. The molecule has 0 N–H and O–H groups in total. The molecule has 0 bridgehead atoms. The molecule has 0 unspecified atom stereocenters. The van der Waals surface area contributed by atoms with E-state index in [1.54, 1.807) is 19.0 Å². The van der Waals surface area contributed by atoms with Gasteiger partial charge in [0.2, 0.25) is 15.9 Å². The van der Waals surface area contributed by atoms with Crippen molar-refractivity contribution >= 4 is 26.7 Å². The maximum Gasteiger partial charge on any atom is 0.221 e. The van der Waals surface area contributed by atoms with E-state index in [1.807, 2.05) is 6.92 Å². The SMILES string of the molecule is CCC(=O)N(C)C.CN(C)S(C)(=O)=O.c1ccc2ccccc2c1. The molecule has 1 amide bonds. The molecule has 2 aromatic rings. The molecule has 0 fully saturated rings. The topological polar surface area (TPSA) is 57.7 Å². The Morgan fingerprint density at radius 3 is 1.29 bits per heavy atom. The second kappa shape index (κ2) is 10.8. The third-order valence-corrected chi connectivity index (χ3v) is 4.45. The third-order valence-electron chi connectivity index (χ3n) is 3.12. The van der Waals surface area contributed by atoms with Gasteiger partial charge in [-0.2, -0.15) is 0 Å². The van der Waals surface area contributed by atoms with Gasteiger partial charge in [0.15, 0.2) is 0 Å². The molecule has 134 valence electrons. The van der Waals surface area contributed by atoms with E-state index < -0.39 is 10.0 Å². The van der Waals surface area contributed by atoms with Gasteiger partial charge in [-0.3, -0.25) is 4.79 Å². The van der Waals surface area contributed by atoms with Crippen LogP contribution < -0.4 is 0 Å². The highest BCUT2D eigenvalue weighted by molar-refractivity contribution is 7.88. The lowest BCUT2D eigenvalue weighted by Gasteiger charge is -2.05. The maximum absolute atomic E-state index is 10.4. The largest absolute Gasteiger partial charge is 0.349 e. The van der Waals surface area contributed by atoms with Crippen LogP contribution >= 0.6 is 0 Å². The number of nitrogens with zero attached hydrogens (tertiary/aromatic N) is 2. The molecule has 6 heteroatoms. The molecule has 0 aliphatic rings. The highest BCUT2D eigenvalue weighted by Crippen LogP contribution is 2.11. The number of sulfonamides is 1. The summed E-state index contributed by atoms with van der Waals surface area (Å²) in [5.74, 6) is 0.181. The molecule has 0 aliphatic heterocycles. The Labute approximate surface area is 145 Å². The molecule has 0 radical (unpaired) electrons. The molecule has 0 aliphatic carbocycles. The first-order valence-electron chi connectivity index (χ1n) is 7.61. The minimum atomic E-state index is -2.91. The molecule has 2 rings (SSSR count). The highest BCUT2D eigenvalue weighted by Gasteiger charge is 2.01. The molecule has 0 atom stereocenters. The summed E-state index contributed by atoms with van der Waals surface area (Å²) in [6, 6.07) is 16.7. The van der Waals surface area contributed by atoms with Crippen molar-refractivity contribution in [3.8, 4) is 0 Å². The summed E-state index contributed by atoms with van der Waals surface area (Å²) in [5.41, 5.74) is 0. The van der Waals surface area contributed by atoms with Crippen molar-refractivity contribution in [3.63, 3.8) is 0 Å². The monoisotopic (exact) mass is 352 g/mol. The van der Waals surface area contributed by atoms with Gasteiger partial charge >= 0.3 is 0 Å². The molecule has 0 spiro atoms. The van der Waals surface area contributed by atoms with Gasteiger partial charge < -0.3 is 4.90 Å². The maximum atomic E-state index is 10.4. The zero-order valence-corrected chi connectivity index (χ0v) is 16.2. The van der Waals surface area contributed by atoms with Crippen molar-refractivity contribution in [3.05, 3.63) is 48.5 Å². The van der Waals surface area contributed by atoms with E-state index in [0.717, 1.165) is 10.6 Å². The molecule has 2 aromatic carbocycles. The Bertz CT molecular complexity index is 660. The number of rotatable bonds is 2. The fourth-order valence-corrected chi connectivity index (χ4v) is 1.45. The van der Waals surface area contributed by atoms with Gasteiger partial charge in [0.25, 0.3) is 0 Å². The normalized spacial score (nSPS) is 10.3. The first-order valence-corrected chi connectivity index (χ1v) is 9.45. The zero-order chi connectivity index (χ0) is 18.8. The molecule has 24 heavy (non-hydrogen) atoms. The molecule has 0 saturated heterocycles. The van der Waals surface area contributed by atoms with Crippen LogP contribution in [0.2, 0.25) is 0 Å². The van der Waals surface area contributed by atoms with Crippen molar-refractivity contribution in [2.24, 2.45) is 0 Å². The summed E-state index contributed by atoms with van der Waals surface area (Å²) in [6.07, 6.45) is 1.76. The third kappa shape index (κ3) is 9.27. The summed E-state index contributed by atoms with van der Waals surface area (Å²) >= 11 is 0. The quantitative estimate of drug-likeness (QED) is 0.835. The van der Waals surface area contributed by atoms with Crippen molar-refractivity contribution in [1.82, 2.24) is 9.21 Å². The molecular weight excluding hydrogens is 324 g/mol. The van der Waals surface area contributed by atoms with Gasteiger partial charge in [0.05, 0.1) is 6.26 Å². The Hall–Kier alpha value is -1.92. The summed E-state index contributed by atoms with van der Waals surface area (Å²) in [4.78, 5) is 12.0. The lowest BCUT2D eigenvalue weighted by atomic mass is 10.1. The van der Waals surface area contributed by atoms with E-state index in [9.17, 15) is 13.2 Å². The predicted molar refractivity (Wildman–Crippen MR) is 101 cm³/mol. The van der Waals surface area contributed by atoms with Gasteiger partial charge in [-0.25, -0.2) is 12.7 Å². The van der Waals surface area contributed by atoms with Crippen LogP contribution in [0.3, 0.4) is 0 Å². The average Bonchev–Trinajstić information content (AvgIpc) is 2.54. The zero-order valence-electron chi connectivity index (χ0n) is 15.4. The first-order chi connectivity index (χ1) is 11.1. The number of benzene rings is 2. The summed E-state index contributed by atoms with van der Waals surface area (Å²) in [6.45, 7) is 1.85. The van der Waals surface area contributed by atoms with Crippen LogP contribution in [-0.4, -0.2) is 58.0 Å². The van der Waals surface area contributed by atoms with Gasteiger partial charge in [-0.05, 0) is 10.8 Å². The lowest BCUT2D eigenvalue weighted by Crippen LogP contribution is -2.19. The summed E-state index contributed by atoms with van der Waals surface area (Å²) in [7, 11) is 3.59. The fraction of sp³-hybridized carbons (Fsp3) is 0.389. The van der Waals surface area contributed by atoms with Crippen LogP contribution in [0.4, 0.5) is 0 Å². The van der Waals surface area contributed by atoms with Gasteiger partial charge in [-0.15, -0.1) is 0 Å². The van der Waals surface area contributed by atoms with Crippen LogP contribution in [0.25, 0.3) is 10.8 Å². The van der Waals surface area contributed by atoms with E-state index in [-0.39, 0.29) is 5.91 Å². The number of fused-ring (bicyclic) bond motifs is 1. The average molecular weight is 353 g/mol. The highest BCUT2D eigenvalue weighted by atomic mass is 32.2. The van der Waals surface area contributed by atoms with Crippen molar-refractivity contribution in [2.75, 3.05) is 34.4 Å². The van der Waals surface area contributed by atoms with E-state index in [0.29, 0.717) is 6.42 Å². The lowest BCUT2D eigenvalue weighted by molar-refractivity contribution is -0.128. The summed E-state index contributed by atoms with van der Waals surface area (Å²) in [5, 5.41) is 2.62. The number of hydrogen-bond donors (Lipinski definition) is 0. The van der Waals surface area contributed by atoms with Gasteiger partial charge in [0.1, 0.15) is 0 Å². The predicted octanol–water partition coefficient (Wildman–Crippen LogP) is 2.83. The molecule has 5 nitrogen and oxygen atoms in total. The van der Waals surface area contributed by atoms with E-state index in [2.05, 4.69) is 48.5 Å². The minimum Gasteiger partial charge on any atom is -0.349 e. The van der Waals surface area contributed by atoms with Crippen molar-refractivity contribution < 1.29 is 13.2 Å². The van der Waals surface area contributed by atoms with Crippen molar-refractivity contribution in [2.45, 2.75) is 13.3 Å². The standard InChI is InChI=1S/C10H8.C5H11NO.C3H9NO2S/c1-2-6-10-8-4-3-7-9(10)5-1;1-4-5(7)6(2)3;1-4(2)7(3,5)6/h1-8H;4H2,1-3H3;1-3H3. The van der Waals surface area contributed by atoms with Gasteiger partial charge in [0, 0.05) is 34.6 Å². The van der Waals surface area contributed by atoms with Crippen LogP contribution in [0, 0.1) is 0 Å². The molecule has 0 heterocycles. The smallest absolute Gasteiger partial charge is 0.221 e. The van der Waals surface area contributed by atoms with E-state index in [4.69, 9.17) is 0 Å². The van der Waals surface area contributed by atoms with Crippen LogP contribution in [0.5, 0.6) is 0 Å². The van der Waals surface area contributed by atoms with Crippen LogP contribution in [0.1, 0.15) is 13.3 Å². The van der Waals surface area contributed by atoms with Gasteiger partial charge in [-0.1, -0.05) is 55.5 Å². The second-order valence-corrected chi connectivity index (χ2v) is 7.73. The molecular formula is C18H28N2O3S. The number of amides is 1. The Kier molecular flexibility index (Phi) is 9.92. The molecule has 0 saturated carbocycles. The second-order valence-electron chi connectivity index (χ2n) is 5.53. The number of carbonyl (C=O) groups excluding carboxylic acids is 1. The van der Waals surface area contributed by atoms with Crippen LogP contribution in [-0.2, 0) is 14.8 Å². The van der Waals surface area contributed by atoms with Crippen molar-refractivity contribution in [1.29, 1.82) is 0 Å². The van der Waals surface area contributed by atoms with E-state index >= 15 is 0 Å². The number of hydrogen-bond acceptors (Lipinski definition) is 3. The Morgan fingerprint density at radius 1 is 0.875 bits per heavy atom. The minimum absolute atomic E-state index is 0.181. The Morgan fingerprint density at radius 2 is 1.17 bits per heavy atom. The first kappa shape index (κ1) is 22.1. The fourth-order valence-electron chi connectivity index (χ4n) is 1.45. The molecule has 0 aromatic heterocycles. The number of carbonyl (C=O) groups is 1. The van der Waals surface area contributed by atoms with E-state index in [1.165, 1.54) is 24.9 Å².